The van der Waals surface area contributed by atoms with Crippen molar-refractivity contribution in [2.45, 2.75) is 32.3 Å². The lowest BCUT2D eigenvalue weighted by atomic mass is 9.93. The molecule has 1 aromatic heterocycles. The Balaban J connectivity index is 1.84. The van der Waals surface area contributed by atoms with E-state index in [0.717, 1.165) is 25.9 Å². The fourth-order valence-corrected chi connectivity index (χ4v) is 2.43. The SMILES string of the molecule is CC1CC(CCNc2ncccc2[N+](=O)[O-])CCO1. The molecule has 0 aliphatic carbocycles. The molecule has 2 heterocycles. The van der Waals surface area contributed by atoms with Gasteiger partial charge in [0.1, 0.15) is 0 Å². The summed E-state index contributed by atoms with van der Waals surface area (Å²) < 4.78 is 5.50. The Morgan fingerprint density at radius 1 is 1.63 bits per heavy atom. The van der Waals surface area contributed by atoms with E-state index >= 15 is 0 Å². The van der Waals surface area contributed by atoms with Gasteiger partial charge < -0.3 is 10.1 Å². The van der Waals surface area contributed by atoms with E-state index in [9.17, 15) is 10.1 Å². The molecule has 0 radical (unpaired) electrons. The molecule has 0 saturated carbocycles. The van der Waals surface area contributed by atoms with Gasteiger partial charge in [-0.15, -0.1) is 0 Å². The van der Waals surface area contributed by atoms with Crippen molar-refractivity contribution in [3.63, 3.8) is 0 Å². The number of aromatic nitrogens is 1. The van der Waals surface area contributed by atoms with Crippen molar-refractivity contribution in [3.05, 3.63) is 28.4 Å². The van der Waals surface area contributed by atoms with E-state index in [-0.39, 0.29) is 5.69 Å². The highest BCUT2D eigenvalue weighted by atomic mass is 16.6. The second-order valence-electron chi connectivity index (χ2n) is 4.92. The topological polar surface area (TPSA) is 77.3 Å². The summed E-state index contributed by atoms with van der Waals surface area (Å²) in [5, 5.41) is 13.9. The largest absolute Gasteiger partial charge is 0.378 e. The van der Waals surface area contributed by atoms with Crippen LogP contribution in [0.2, 0.25) is 0 Å². The van der Waals surface area contributed by atoms with Crippen LogP contribution < -0.4 is 5.32 Å². The van der Waals surface area contributed by atoms with E-state index in [2.05, 4.69) is 17.2 Å². The molecule has 0 amide bonds. The third-order valence-electron chi connectivity index (χ3n) is 3.42. The number of hydrogen-bond acceptors (Lipinski definition) is 5. The number of rotatable bonds is 5. The third-order valence-corrected chi connectivity index (χ3v) is 3.42. The van der Waals surface area contributed by atoms with Gasteiger partial charge in [-0.05, 0) is 38.2 Å². The van der Waals surface area contributed by atoms with Crippen LogP contribution in [0.15, 0.2) is 18.3 Å². The summed E-state index contributed by atoms with van der Waals surface area (Å²) in [6.07, 6.45) is 5.00. The van der Waals surface area contributed by atoms with Gasteiger partial charge in [-0.1, -0.05) is 0 Å². The molecular weight excluding hydrogens is 246 g/mol. The van der Waals surface area contributed by atoms with Crippen LogP contribution in [0.3, 0.4) is 0 Å². The predicted octanol–water partition coefficient (Wildman–Crippen LogP) is 2.61. The molecule has 1 aliphatic heterocycles. The van der Waals surface area contributed by atoms with Crippen molar-refractivity contribution in [1.29, 1.82) is 0 Å². The second-order valence-corrected chi connectivity index (χ2v) is 4.92. The first-order valence-electron chi connectivity index (χ1n) is 6.61. The lowest BCUT2D eigenvalue weighted by molar-refractivity contribution is -0.384. The number of anilines is 1. The molecule has 1 N–H and O–H groups in total. The highest BCUT2D eigenvalue weighted by molar-refractivity contribution is 5.54. The number of nitrogens with one attached hydrogen (secondary N) is 1. The molecular formula is C13H19N3O3. The van der Waals surface area contributed by atoms with Crippen molar-refractivity contribution in [2.75, 3.05) is 18.5 Å². The number of nitro groups is 1. The molecule has 0 bridgehead atoms. The Morgan fingerprint density at radius 2 is 2.47 bits per heavy atom. The Labute approximate surface area is 112 Å². The number of pyridine rings is 1. The first-order valence-corrected chi connectivity index (χ1v) is 6.61. The molecule has 2 atom stereocenters. The zero-order valence-corrected chi connectivity index (χ0v) is 11.0. The van der Waals surface area contributed by atoms with Gasteiger partial charge in [-0.2, -0.15) is 0 Å². The Morgan fingerprint density at radius 3 is 3.21 bits per heavy atom. The van der Waals surface area contributed by atoms with Crippen LogP contribution in [0.4, 0.5) is 11.5 Å². The molecule has 1 saturated heterocycles. The van der Waals surface area contributed by atoms with Crippen molar-refractivity contribution >= 4 is 11.5 Å². The van der Waals surface area contributed by atoms with Gasteiger partial charge in [0.15, 0.2) is 0 Å². The minimum absolute atomic E-state index is 0.0304. The fourth-order valence-electron chi connectivity index (χ4n) is 2.43. The summed E-state index contributed by atoms with van der Waals surface area (Å²) in [5.74, 6) is 0.978. The number of ether oxygens (including phenoxy) is 1. The fraction of sp³-hybridized carbons (Fsp3) is 0.615. The molecule has 6 nitrogen and oxygen atoms in total. The minimum Gasteiger partial charge on any atom is -0.378 e. The number of hydrogen-bond donors (Lipinski definition) is 1. The van der Waals surface area contributed by atoms with Crippen LogP contribution in [0.25, 0.3) is 0 Å². The summed E-state index contributed by atoms with van der Waals surface area (Å²) in [4.78, 5) is 14.4. The first kappa shape index (κ1) is 13.7. The van der Waals surface area contributed by atoms with Crippen LogP contribution >= 0.6 is 0 Å². The minimum atomic E-state index is -0.411. The van der Waals surface area contributed by atoms with Crippen molar-refractivity contribution in [2.24, 2.45) is 5.92 Å². The maximum atomic E-state index is 10.8. The molecule has 1 aromatic rings. The van der Waals surface area contributed by atoms with E-state index < -0.39 is 4.92 Å². The molecule has 6 heteroatoms. The summed E-state index contributed by atoms with van der Waals surface area (Å²) in [6, 6.07) is 3.04. The van der Waals surface area contributed by atoms with Crippen LogP contribution in [-0.4, -0.2) is 29.2 Å². The van der Waals surface area contributed by atoms with Crippen LogP contribution in [0.5, 0.6) is 0 Å². The van der Waals surface area contributed by atoms with Crippen LogP contribution in [-0.2, 0) is 4.74 Å². The lowest BCUT2D eigenvalue weighted by Gasteiger charge is -2.27. The van der Waals surface area contributed by atoms with Gasteiger partial charge in [0, 0.05) is 25.4 Å². The van der Waals surface area contributed by atoms with Gasteiger partial charge >= 0.3 is 5.69 Å². The smallest absolute Gasteiger partial charge is 0.311 e. The molecule has 104 valence electrons. The van der Waals surface area contributed by atoms with E-state index in [1.165, 1.54) is 6.07 Å². The highest BCUT2D eigenvalue weighted by Gasteiger charge is 2.19. The summed E-state index contributed by atoms with van der Waals surface area (Å²) in [5.41, 5.74) is 0.0304. The van der Waals surface area contributed by atoms with Gasteiger partial charge in [-0.3, -0.25) is 10.1 Å². The summed E-state index contributed by atoms with van der Waals surface area (Å²) >= 11 is 0. The molecule has 19 heavy (non-hydrogen) atoms. The van der Waals surface area contributed by atoms with Crippen molar-refractivity contribution in [3.8, 4) is 0 Å². The molecule has 0 spiro atoms. The quantitative estimate of drug-likeness (QED) is 0.654. The molecule has 1 fully saturated rings. The van der Waals surface area contributed by atoms with Crippen molar-refractivity contribution in [1.82, 2.24) is 4.98 Å². The average molecular weight is 265 g/mol. The molecule has 2 rings (SSSR count). The van der Waals surface area contributed by atoms with E-state index in [1.807, 2.05) is 0 Å². The standard InChI is InChI=1S/C13H19N3O3/c1-10-9-11(5-8-19-10)4-7-15-13-12(16(17)18)3-2-6-14-13/h2-3,6,10-11H,4-5,7-9H2,1H3,(H,14,15). The molecule has 1 aliphatic rings. The molecule has 0 aromatic carbocycles. The Kier molecular flexibility index (Phi) is 4.68. The van der Waals surface area contributed by atoms with E-state index in [4.69, 9.17) is 4.74 Å². The third kappa shape index (κ3) is 3.89. The monoisotopic (exact) mass is 265 g/mol. The predicted molar refractivity (Wildman–Crippen MR) is 72.1 cm³/mol. The van der Waals surface area contributed by atoms with Gasteiger partial charge in [0.05, 0.1) is 11.0 Å². The van der Waals surface area contributed by atoms with Gasteiger partial charge in [0.25, 0.3) is 0 Å². The first-order chi connectivity index (χ1) is 9.16. The van der Waals surface area contributed by atoms with Gasteiger partial charge in [0.2, 0.25) is 5.82 Å². The maximum Gasteiger partial charge on any atom is 0.311 e. The van der Waals surface area contributed by atoms with Crippen molar-refractivity contribution < 1.29 is 9.66 Å². The summed E-state index contributed by atoms with van der Waals surface area (Å²) in [7, 11) is 0. The maximum absolute atomic E-state index is 10.8. The van der Waals surface area contributed by atoms with E-state index in [1.54, 1.807) is 12.3 Å². The second kappa shape index (κ2) is 6.47. The summed E-state index contributed by atoms with van der Waals surface area (Å²) in [6.45, 7) is 3.61. The van der Waals surface area contributed by atoms with Crippen LogP contribution in [0, 0.1) is 16.0 Å². The van der Waals surface area contributed by atoms with Gasteiger partial charge in [-0.25, -0.2) is 4.98 Å². The Hall–Kier alpha value is -1.69. The lowest BCUT2D eigenvalue weighted by Crippen LogP contribution is -2.24. The zero-order valence-electron chi connectivity index (χ0n) is 11.0. The normalized spacial score (nSPS) is 23.0. The zero-order chi connectivity index (χ0) is 13.7. The number of nitrogens with zero attached hydrogens (tertiary/aromatic N) is 2. The van der Waals surface area contributed by atoms with Crippen LogP contribution in [0.1, 0.15) is 26.2 Å². The van der Waals surface area contributed by atoms with E-state index in [0.29, 0.717) is 24.4 Å². The molecule has 2 unspecified atom stereocenters. The Bertz CT molecular complexity index is 439. The highest BCUT2D eigenvalue weighted by Crippen LogP contribution is 2.24. The average Bonchev–Trinajstić information content (AvgIpc) is 2.39.